The van der Waals surface area contributed by atoms with Crippen molar-refractivity contribution in [1.82, 2.24) is 0 Å². The van der Waals surface area contributed by atoms with Gasteiger partial charge in [-0.3, -0.25) is 0 Å². The van der Waals surface area contributed by atoms with Crippen molar-refractivity contribution in [2.75, 3.05) is 6.61 Å². The van der Waals surface area contributed by atoms with Crippen LogP contribution in [0.15, 0.2) is 12.7 Å². The van der Waals surface area contributed by atoms with E-state index in [2.05, 4.69) is 34.3 Å². The molecule has 0 amide bonds. The molecule has 0 heterocycles. The van der Waals surface area contributed by atoms with E-state index in [1.165, 1.54) is 6.08 Å². The summed E-state index contributed by atoms with van der Waals surface area (Å²) in [5, 5.41) is 0. The molecule has 2 nitrogen and oxygen atoms in total. The van der Waals surface area contributed by atoms with Crippen LogP contribution < -0.4 is 0 Å². The van der Waals surface area contributed by atoms with Gasteiger partial charge in [-0.1, -0.05) is 34.3 Å². The molecule has 0 spiro atoms. The summed E-state index contributed by atoms with van der Waals surface area (Å²) in [4.78, 5) is 10.7. The summed E-state index contributed by atoms with van der Waals surface area (Å²) >= 11 is 0. The van der Waals surface area contributed by atoms with Crippen LogP contribution >= 0.6 is 0 Å². The third-order valence-corrected chi connectivity index (χ3v) is 2.32. The van der Waals surface area contributed by atoms with Gasteiger partial charge < -0.3 is 4.74 Å². The molecule has 0 bridgehead atoms. The highest BCUT2D eigenvalue weighted by molar-refractivity contribution is 5.81. The van der Waals surface area contributed by atoms with Crippen LogP contribution in [-0.2, 0) is 9.53 Å². The Morgan fingerprint density at radius 1 is 1.58 bits per heavy atom. The smallest absolute Gasteiger partial charge is 0.330 e. The zero-order valence-electron chi connectivity index (χ0n) is 8.39. The van der Waals surface area contributed by atoms with Gasteiger partial charge in [-0.05, 0) is 5.92 Å². The van der Waals surface area contributed by atoms with Crippen molar-refractivity contribution in [2.45, 2.75) is 27.7 Å². The lowest BCUT2D eigenvalue weighted by molar-refractivity contribution is -0.141. The summed E-state index contributed by atoms with van der Waals surface area (Å²) in [5.74, 6) is 0.152. The van der Waals surface area contributed by atoms with E-state index in [0.717, 1.165) is 0 Å². The summed E-state index contributed by atoms with van der Waals surface area (Å²) in [6.45, 7) is 12.2. The van der Waals surface area contributed by atoms with E-state index in [1.54, 1.807) is 0 Å². The summed E-state index contributed by atoms with van der Waals surface area (Å²) in [6.07, 6.45) is 1.19. The number of hydrogen-bond donors (Lipinski definition) is 0. The largest absolute Gasteiger partial charge is 0.462 e. The topological polar surface area (TPSA) is 26.3 Å². The van der Waals surface area contributed by atoms with Crippen molar-refractivity contribution < 1.29 is 9.53 Å². The van der Waals surface area contributed by atoms with E-state index in [1.807, 2.05) is 0 Å². The van der Waals surface area contributed by atoms with Crippen molar-refractivity contribution >= 4 is 5.97 Å². The number of esters is 1. The van der Waals surface area contributed by atoms with Crippen molar-refractivity contribution in [3.05, 3.63) is 12.7 Å². The van der Waals surface area contributed by atoms with Crippen LogP contribution in [0.5, 0.6) is 0 Å². The van der Waals surface area contributed by atoms with Crippen molar-refractivity contribution in [2.24, 2.45) is 11.3 Å². The normalized spacial score (nSPS) is 11.4. The second-order valence-corrected chi connectivity index (χ2v) is 3.96. The fraction of sp³-hybridized carbons (Fsp3) is 0.700. The summed E-state index contributed by atoms with van der Waals surface area (Å²) < 4.78 is 4.96. The van der Waals surface area contributed by atoms with Gasteiger partial charge in [0, 0.05) is 11.5 Å². The fourth-order valence-corrected chi connectivity index (χ4v) is 0.483. The first kappa shape index (κ1) is 11.2. The summed E-state index contributed by atoms with van der Waals surface area (Å²) in [6, 6.07) is 0. The molecular formula is C10H18O2. The van der Waals surface area contributed by atoms with E-state index in [0.29, 0.717) is 12.5 Å². The van der Waals surface area contributed by atoms with Gasteiger partial charge >= 0.3 is 5.97 Å². The SMILES string of the molecule is C=CC(=O)OCC(C)(C)C(C)C. The van der Waals surface area contributed by atoms with Gasteiger partial charge in [-0.15, -0.1) is 0 Å². The fourth-order valence-electron chi connectivity index (χ4n) is 0.483. The van der Waals surface area contributed by atoms with E-state index >= 15 is 0 Å². The molecule has 0 aliphatic rings. The highest BCUT2D eigenvalue weighted by atomic mass is 16.5. The molecule has 12 heavy (non-hydrogen) atoms. The first-order valence-corrected chi connectivity index (χ1v) is 4.19. The molecule has 0 aliphatic carbocycles. The predicted octanol–water partition coefficient (Wildman–Crippen LogP) is 2.40. The van der Waals surface area contributed by atoms with Gasteiger partial charge in [0.15, 0.2) is 0 Å². The molecule has 0 radical (unpaired) electrons. The Morgan fingerprint density at radius 2 is 2.08 bits per heavy atom. The van der Waals surface area contributed by atoms with Crippen LogP contribution in [0, 0.1) is 11.3 Å². The Bertz CT molecular complexity index is 169. The molecule has 0 atom stereocenters. The Kier molecular flexibility index (Phi) is 4.01. The van der Waals surface area contributed by atoms with Crippen molar-refractivity contribution in [3.8, 4) is 0 Å². The Morgan fingerprint density at radius 3 is 2.42 bits per heavy atom. The minimum Gasteiger partial charge on any atom is -0.462 e. The molecule has 0 unspecified atom stereocenters. The zero-order valence-corrected chi connectivity index (χ0v) is 8.39. The lowest BCUT2D eigenvalue weighted by atomic mass is 9.82. The third-order valence-electron chi connectivity index (χ3n) is 2.32. The predicted molar refractivity (Wildman–Crippen MR) is 49.8 cm³/mol. The van der Waals surface area contributed by atoms with Crippen molar-refractivity contribution in [1.29, 1.82) is 0 Å². The summed E-state index contributed by atoms with van der Waals surface area (Å²) in [5.41, 5.74) is 0.0403. The molecule has 0 aromatic heterocycles. The van der Waals surface area contributed by atoms with Gasteiger partial charge in [-0.25, -0.2) is 4.79 Å². The monoisotopic (exact) mass is 170 g/mol. The molecule has 0 saturated carbocycles. The number of rotatable bonds is 4. The average Bonchev–Trinajstić information content (AvgIpc) is 2.00. The molecule has 0 N–H and O–H groups in total. The highest BCUT2D eigenvalue weighted by Crippen LogP contribution is 2.25. The molecule has 0 aromatic carbocycles. The Balaban J connectivity index is 3.91. The van der Waals surface area contributed by atoms with E-state index in [4.69, 9.17) is 4.74 Å². The van der Waals surface area contributed by atoms with Crippen molar-refractivity contribution in [3.63, 3.8) is 0 Å². The van der Waals surface area contributed by atoms with Crippen LogP contribution in [0.2, 0.25) is 0 Å². The van der Waals surface area contributed by atoms with Gasteiger partial charge in [0.25, 0.3) is 0 Å². The average molecular weight is 170 g/mol. The zero-order chi connectivity index (χ0) is 9.78. The summed E-state index contributed by atoms with van der Waals surface area (Å²) in [7, 11) is 0. The number of carbonyl (C=O) groups is 1. The first-order valence-electron chi connectivity index (χ1n) is 4.19. The molecule has 0 rings (SSSR count). The molecule has 0 aromatic rings. The minimum atomic E-state index is -0.344. The van der Waals surface area contributed by atoms with Crippen LogP contribution in [0.1, 0.15) is 27.7 Å². The molecule has 0 aliphatic heterocycles. The lowest BCUT2D eigenvalue weighted by Crippen LogP contribution is -2.26. The molecular weight excluding hydrogens is 152 g/mol. The molecule has 0 fully saturated rings. The Labute approximate surface area is 74.6 Å². The van der Waals surface area contributed by atoms with Crippen LogP contribution in [-0.4, -0.2) is 12.6 Å². The molecule has 2 heteroatoms. The highest BCUT2D eigenvalue weighted by Gasteiger charge is 2.23. The number of hydrogen-bond acceptors (Lipinski definition) is 2. The maximum Gasteiger partial charge on any atom is 0.330 e. The maximum atomic E-state index is 10.7. The van der Waals surface area contributed by atoms with E-state index in [9.17, 15) is 4.79 Å². The second kappa shape index (κ2) is 4.29. The first-order chi connectivity index (χ1) is 5.40. The number of ether oxygens (including phenoxy) is 1. The van der Waals surface area contributed by atoms with Crippen LogP contribution in [0.25, 0.3) is 0 Å². The van der Waals surface area contributed by atoms with Gasteiger partial charge in [0.1, 0.15) is 0 Å². The van der Waals surface area contributed by atoms with Gasteiger partial charge in [-0.2, -0.15) is 0 Å². The lowest BCUT2D eigenvalue weighted by Gasteiger charge is -2.28. The van der Waals surface area contributed by atoms with Gasteiger partial charge in [0.05, 0.1) is 6.61 Å². The van der Waals surface area contributed by atoms with E-state index in [-0.39, 0.29) is 11.4 Å². The van der Waals surface area contributed by atoms with E-state index < -0.39 is 0 Å². The standard InChI is InChI=1S/C10H18O2/c1-6-9(11)12-7-10(4,5)8(2)3/h6,8H,1,7H2,2-5H3. The number of carbonyl (C=O) groups excluding carboxylic acids is 1. The van der Waals surface area contributed by atoms with Crippen LogP contribution in [0.4, 0.5) is 0 Å². The minimum absolute atomic E-state index is 0.0403. The maximum absolute atomic E-state index is 10.7. The molecule has 0 saturated heterocycles. The molecule has 70 valence electrons. The Hall–Kier alpha value is -0.790. The van der Waals surface area contributed by atoms with Crippen LogP contribution in [0.3, 0.4) is 0 Å². The third kappa shape index (κ3) is 3.56. The quantitative estimate of drug-likeness (QED) is 0.478. The van der Waals surface area contributed by atoms with Gasteiger partial charge in [0.2, 0.25) is 0 Å². The second-order valence-electron chi connectivity index (χ2n) is 3.96.